The summed E-state index contributed by atoms with van der Waals surface area (Å²) in [5, 5.41) is 11.2. The molecular weight excluding hydrogens is 318 g/mol. The highest BCUT2D eigenvalue weighted by molar-refractivity contribution is 7.99. The van der Waals surface area contributed by atoms with Crippen molar-refractivity contribution in [1.29, 1.82) is 0 Å². The molecule has 0 saturated heterocycles. The quantitative estimate of drug-likeness (QED) is 0.792. The Bertz CT molecular complexity index is 592. The van der Waals surface area contributed by atoms with E-state index in [-0.39, 0.29) is 5.82 Å². The van der Waals surface area contributed by atoms with Crippen molar-refractivity contribution in [2.24, 2.45) is 0 Å². The molecule has 0 aliphatic carbocycles. The van der Waals surface area contributed by atoms with Crippen molar-refractivity contribution in [3.8, 4) is 0 Å². The predicted molar refractivity (Wildman–Crippen MR) is 83.3 cm³/mol. The highest BCUT2D eigenvalue weighted by Gasteiger charge is 2.10. The average molecular weight is 331 g/mol. The van der Waals surface area contributed by atoms with E-state index in [2.05, 4.69) is 0 Å². The Balaban J connectivity index is 1.92. The van der Waals surface area contributed by atoms with Crippen LogP contribution in [0.1, 0.15) is 5.56 Å². The number of benzene rings is 2. The van der Waals surface area contributed by atoms with Gasteiger partial charge in [-0.05, 0) is 42.0 Å². The van der Waals surface area contributed by atoms with E-state index in [1.807, 2.05) is 6.07 Å². The molecule has 0 fully saturated rings. The maximum absolute atomic E-state index is 13.0. The van der Waals surface area contributed by atoms with E-state index in [9.17, 15) is 9.50 Å². The van der Waals surface area contributed by atoms with E-state index in [1.54, 1.807) is 24.3 Å². The van der Waals surface area contributed by atoms with E-state index in [0.29, 0.717) is 22.2 Å². The van der Waals surface area contributed by atoms with Crippen LogP contribution in [0.3, 0.4) is 0 Å². The highest BCUT2D eigenvalue weighted by atomic mass is 35.5. The van der Waals surface area contributed by atoms with Gasteiger partial charge in [-0.15, -0.1) is 11.8 Å². The Morgan fingerprint density at radius 2 is 1.95 bits per heavy atom. The molecule has 0 aliphatic rings. The van der Waals surface area contributed by atoms with Crippen LogP contribution in [0, 0.1) is 5.82 Å². The molecule has 2 aromatic carbocycles. The third-order valence-electron chi connectivity index (χ3n) is 2.70. The molecule has 2 rings (SSSR count). The van der Waals surface area contributed by atoms with Gasteiger partial charge in [0.05, 0.1) is 6.10 Å². The van der Waals surface area contributed by atoms with Gasteiger partial charge in [-0.2, -0.15) is 0 Å². The van der Waals surface area contributed by atoms with Gasteiger partial charge in [0.2, 0.25) is 0 Å². The Morgan fingerprint density at radius 1 is 1.15 bits per heavy atom. The van der Waals surface area contributed by atoms with Gasteiger partial charge in [0.1, 0.15) is 5.82 Å². The van der Waals surface area contributed by atoms with Gasteiger partial charge < -0.3 is 5.11 Å². The first-order valence-corrected chi connectivity index (χ1v) is 7.79. The second-order valence-electron chi connectivity index (χ2n) is 4.36. The normalized spacial score (nSPS) is 12.4. The molecule has 0 bridgehead atoms. The van der Waals surface area contributed by atoms with Crippen molar-refractivity contribution in [2.75, 3.05) is 5.75 Å². The highest BCUT2D eigenvalue weighted by Crippen LogP contribution is 2.24. The zero-order valence-corrected chi connectivity index (χ0v) is 12.9. The summed E-state index contributed by atoms with van der Waals surface area (Å²) in [6.45, 7) is 0. The lowest BCUT2D eigenvalue weighted by Gasteiger charge is -2.12. The zero-order chi connectivity index (χ0) is 14.5. The van der Waals surface area contributed by atoms with Gasteiger partial charge in [-0.1, -0.05) is 29.3 Å². The molecule has 0 aliphatic heterocycles. The summed E-state index contributed by atoms with van der Waals surface area (Å²) in [5.74, 6) is 0.189. The molecule has 0 radical (unpaired) electrons. The van der Waals surface area contributed by atoms with E-state index in [1.165, 1.54) is 23.9 Å². The third-order valence-corrected chi connectivity index (χ3v) is 4.44. The summed E-state index contributed by atoms with van der Waals surface area (Å²) in [5.41, 5.74) is 0.812. The van der Waals surface area contributed by atoms with Crippen molar-refractivity contribution < 1.29 is 9.50 Å². The number of rotatable bonds is 5. The first-order chi connectivity index (χ1) is 9.54. The van der Waals surface area contributed by atoms with E-state index < -0.39 is 6.10 Å². The number of halogens is 3. The van der Waals surface area contributed by atoms with Crippen LogP contribution >= 0.6 is 35.0 Å². The SMILES string of the molecule is OC(CSc1cccc(F)c1)Cc1cc(Cl)ccc1Cl. The second kappa shape index (κ2) is 7.32. The standard InChI is InChI=1S/C15H13Cl2FOS/c16-11-4-5-15(17)10(6-11)7-13(19)9-20-14-3-1-2-12(18)8-14/h1-6,8,13,19H,7,9H2. The molecule has 106 valence electrons. The summed E-state index contributed by atoms with van der Waals surface area (Å²) >= 11 is 13.4. The third kappa shape index (κ3) is 4.67. The topological polar surface area (TPSA) is 20.2 Å². The number of aliphatic hydroxyl groups is 1. The van der Waals surface area contributed by atoms with Gasteiger partial charge in [0, 0.05) is 27.1 Å². The lowest BCUT2D eigenvalue weighted by atomic mass is 10.1. The van der Waals surface area contributed by atoms with Crippen LogP contribution in [0.25, 0.3) is 0 Å². The molecule has 2 aromatic rings. The molecule has 0 aromatic heterocycles. The zero-order valence-electron chi connectivity index (χ0n) is 10.5. The van der Waals surface area contributed by atoms with Gasteiger partial charge in [-0.25, -0.2) is 4.39 Å². The summed E-state index contributed by atoms with van der Waals surface area (Å²) in [4.78, 5) is 0.793. The van der Waals surface area contributed by atoms with Gasteiger partial charge in [0.25, 0.3) is 0 Å². The fourth-order valence-electron chi connectivity index (χ4n) is 1.76. The van der Waals surface area contributed by atoms with Crippen LogP contribution in [0.5, 0.6) is 0 Å². The maximum Gasteiger partial charge on any atom is 0.124 e. The smallest absolute Gasteiger partial charge is 0.124 e. The first-order valence-electron chi connectivity index (χ1n) is 6.05. The minimum absolute atomic E-state index is 0.276. The Kier molecular flexibility index (Phi) is 5.73. The van der Waals surface area contributed by atoms with Crippen molar-refractivity contribution in [3.05, 3.63) is 63.9 Å². The van der Waals surface area contributed by atoms with Crippen molar-refractivity contribution in [2.45, 2.75) is 17.4 Å². The minimum atomic E-state index is -0.570. The van der Waals surface area contributed by atoms with Crippen LogP contribution in [-0.4, -0.2) is 17.0 Å². The van der Waals surface area contributed by atoms with Gasteiger partial charge >= 0.3 is 0 Å². The molecule has 5 heteroatoms. The number of hydrogen-bond acceptors (Lipinski definition) is 2. The average Bonchev–Trinajstić information content (AvgIpc) is 2.41. The Hall–Kier alpha value is -0.740. The Labute approximate surface area is 131 Å². The van der Waals surface area contributed by atoms with Gasteiger partial charge in [-0.3, -0.25) is 0 Å². The lowest BCUT2D eigenvalue weighted by Crippen LogP contribution is -2.13. The molecule has 0 heterocycles. The maximum atomic E-state index is 13.0. The molecular formula is C15H13Cl2FOS. The van der Waals surface area contributed by atoms with Crippen LogP contribution in [0.2, 0.25) is 10.0 Å². The minimum Gasteiger partial charge on any atom is -0.392 e. The number of aliphatic hydroxyl groups excluding tert-OH is 1. The largest absolute Gasteiger partial charge is 0.392 e. The molecule has 0 spiro atoms. The first kappa shape index (κ1) is 15.6. The molecule has 20 heavy (non-hydrogen) atoms. The number of thioether (sulfide) groups is 1. The molecule has 0 amide bonds. The van der Waals surface area contributed by atoms with Crippen LogP contribution in [0.15, 0.2) is 47.4 Å². The molecule has 1 atom stereocenters. The molecule has 1 N–H and O–H groups in total. The molecule has 1 nitrogen and oxygen atoms in total. The monoisotopic (exact) mass is 330 g/mol. The summed E-state index contributed by atoms with van der Waals surface area (Å²) in [6.07, 6.45) is -0.152. The van der Waals surface area contributed by atoms with Crippen LogP contribution < -0.4 is 0 Å². The fourth-order valence-corrected chi connectivity index (χ4v) is 3.02. The van der Waals surface area contributed by atoms with Crippen molar-refractivity contribution in [1.82, 2.24) is 0 Å². The van der Waals surface area contributed by atoms with Crippen LogP contribution in [-0.2, 0) is 6.42 Å². The van der Waals surface area contributed by atoms with E-state index >= 15 is 0 Å². The summed E-state index contributed by atoms with van der Waals surface area (Å²) in [6, 6.07) is 11.5. The lowest BCUT2D eigenvalue weighted by molar-refractivity contribution is 0.200. The second-order valence-corrected chi connectivity index (χ2v) is 6.30. The Morgan fingerprint density at radius 3 is 2.70 bits per heavy atom. The van der Waals surface area contributed by atoms with E-state index in [4.69, 9.17) is 23.2 Å². The summed E-state index contributed by atoms with van der Waals surface area (Å²) in [7, 11) is 0. The predicted octanol–water partition coefficient (Wildman–Crippen LogP) is 4.83. The molecule has 1 unspecified atom stereocenters. The van der Waals surface area contributed by atoms with Gasteiger partial charge in [0.15, 0.2) is 0 Å². The number of hydrogen-bond donors (Lipinski definition) is 1. The fraction of sp³-hybridized carbons (Fsp3) is 0.200. The van der Waals surface area contributed by atoms with Crippen LogP contribution in [0.4, 0.5) is 4.39 Å². The van der Waals surface area contributed by atoms with Crippen molar-refractivity contribution >= 4 is 35.0 Å². The van der Waals surface area contributed by atoms with Crippen molar-refractivity contribution in [3.63, 3.8) is 0 Å². The summed E-state index contributed by atoms with van der Waals surface area (Å²) < 4.78 is 13.0. The van der Waals surface area contributed by atoms with E-state index in [0.717, 1.165) is 10.5 Å². The molecule has 0 saturated carbocycles.